The Morgan fingerprint density at radius 3 is 2.54 bits per heavy atom. The average Bonchev–Trinajstić information content (AvgIpc) is 3.02. The Hall–Kier alpha value is -2.09. The Labute approximate surface area is 136 Å². The molecular formula is C16H17F3N2O3. The zero-order chi connectivity index (χ0) is 17.5. The number of alkyl halides is 3. The largest absolute Gasteiger partial charge is 0.471 e. The van der Waals surface area contributed by atoms with Crippen molar-refractivity contribution in [3.8, 4) is 0 Å². The number of fused-ring (bicyclic) bond motifs is 1. The van der Waals surface area contributed by atoms with E-state index in [9.17, 15) is 27.9 Å². The fraction of sp³-hybridized carbons (Fsp3) is 0.500. The summed E-state index contributed by atoms with van der Waals surface area (Å²) in [6.07, 6.45) is -4.82. The summed E-state index contributed by atoms with van der Waals surface area (Å²) in [5.74, 6) is -2.49. The molecule has 2 unspecified atom stereocenters. The molecule has 1 aromatic carbocycles. The number of carbonyl (C=O) groups excluding carboxylic acids is 2. The smallest absolute Gasteiger partial charge is 0.388 e. The molecule has 2 amide bonds. The molecule has 3 rings (SSSR count). The van der Waals surface area contributed by atoms with Crippen molar-refractivity contribution in [3.05, 3.63) is 29.8 Å². The summed E-state index contributed by atoms with van der Waals surface area (Å²) in [7, 11) is 0. The zero-order valence-electron chi connectivity index (χ0n) is 12.8. The molecule has 0 aromatic heterocycles. The van der Waals surface area contributed by atoms with Crippen molar-refractivity contribution in [2.75, 3.05) is 18.0 Å². The van der Waals surface area contributed by atoms with E-state index in [-0.39, 0.29) is 19.5 Å². The molecule has 0 saturated carbocycles. The van der Waals surface area contributed by atoms with Gasteiger partial charge in [0, 0.05) is 24.3 Å². The molecule has 1 fully saturated rings. The number of rotatable bonds is 1. The number of anilines is 1. The van der Waals surface area contributed by atoms with Gasteiger partial charge in [-0.15, -0.1) is 0 Å². The lowest BCUT2D eigenvalue weighted by atomic mass is 9.98. The first-order valence-electron chi connectivity index (χ1n) is 7.77. The van der Waals surface area contributed by atoms with E-state index in [1.165, 1.54) is 4.90 Å². The van der Waals surface area contributed by atoms with Crippen LogP contribution in [0.3, 0.4) is 0 Å². The number of aliphatic hydroxyl groups excluding tert-OH is 1. The van der Waals surface area contributed by atoms with Crippen LogP contribution in [0.2, 0.25) is 0 Å². The number of para-hydroxylation sites is 1. The van der Waals surface area contributed by atoms with Crippen molar-refractivity contribution in [2.45, 2.75) is 37.6 Å². The predicted molar refractivity (Wildman–Crippen MR) is 79.2 cm³/mol. The van der Waals surface area contributed by atoms with Crippen LogP contribution in [-0.4, -0.2) is 47.1 Å². The molecule has 2 aliphatic rings. The van der Waals surface area contributed by atoms with E-state index in [4.69, 9.17) is 0 Å². The number of amides is 2. The third-order valence-electron chi connectivity index (χ3n) is 4.52. The van der Waals surface area contributed by atoms with Crippen LogP contribution in [0, 0.1) is 0 Å². The molecule has 1 saturated heterocycles. The first kappa shape index (κ1) is 16.8. The zero-order valence-corrected chi connectivity index (χ0v) is 12.8. The Bertz CT molecular complexity index is 662. The molecule has 1 N–H and O–H groups in total. The first-order valence-corrected chi connectivity index (χ1v) is 7.77. The maximum absolute atomic E-state index is 12.8. The van der Waals surface area contributed by atoms with Crippen LogP contribution in [0.25, 0.3) is 0 Å². The van der Waals surface area contributed by atoms with Crippen molar-refractivity contribution in [1.82, 2.24) is 4.90 Å². The number of hydrogen-bond donors (Lipinski definition) is 1. The van der Waals surface area contributed by atoms with Crippen LogP contribution in [-0.2, 0) is 9.59 Å². The molecular weight excluding hydrogens is 325 g/mol. The van der Waals surface area contributed by atoms with Crippen LogP contribution in [0.5, 0.6) is 0 Å². The van der Waals surface area contributed by atoms with Crippen LogP contribution >= 0.6 is 0 Å². The lowest BCUT2D eigenvalue weighted by Crippen LogP contribution is -2.52. The van der Waals surface area contributed by atoms with Crippen LogP contribution in [0.15, 0.2) is 24.3 Å². The quantitative estimate of drug-likeness (QED) is 0.849. The second-order valence-corrected chi connectivity index (χ2v) is 6.01. The maximum atomic E-state index is 12.8. The Morgan fingerprint density at radius 1 is 1.12 bits per heavy atom. The van der Waals surface area contributed by atoms with Crippen LogP contribution < -0.4 is 4.90 Å². The minimum Gasteiger partial charge on any atom is -0.388 e. The standard InChI is InChI=1S/C16H17F3N2O3/c17-16(18,19)15(24)21-8-3-6-12(21)14(23)20-9-7-13(22)10-4-1-2-5-11(10)20/h1-2,4-5,12-13,22H,3,6-9H2. The highest BCUT2D eigenvalue weighted by molar-refractivity contribution is 6.01. The Kier molecular flexibility index (Phi) is 4.25. The van der Waals surface area contributed by atoms with Gasteiger partial charge in [-0.05, 0) is 25.3 Å². The number of nitrogens with zero attached hydrogens (tertiary/aromatic N) is 2. The number of aliphatic hydroxyl groups is 1. The third kappa shape index (κ3) is 2.86. The number of hydrogen-bond acceptors (Lipinski definition) is 3. The number of halogens is 3. The molecule has 0 aliphatic carbocycles. The lowest BCUT2D eigenvalue weighted by Gasteiger charge is -2.35. The van der Waals surface area contributed by atoms with E-state index in [0.29, 0.717) is 29.0 Å². The fourth-order valence-corrected chi connectivity index (χ4v) is 3.38. The predicted octanol–water partition coefficient (Wildman–Crippen LogP) is 2.01. The average molecular weight is 342 g/mol. The van der Waals surface area contributed by atoms with E-state index >= 15 is 0 Å². The van der Waals surface area contributed by atoms with Crippen molar-refractivity contribution < 1.29 is 27.9 Å². The molecule has 5 nitrogen and oxygen atoms in total. The van der Waals surface area contributed by atoms with Gasteiger partial charge in [-0.25, -0.2) is 0 Å². The second kappa shape index (κ2) is 6.08. The highest BCUT2D eigenvalue weighted by atomic mass is 19.4. The van der Waals surface area contributed by atoms with Gasteiger partial charge in [-0.1, -0.05) is 18.2 Å². The lowest BCUT2D eigenvalue weighted by molar-refractivity contribution is -0.186. The van der Waals surface area contributed by atoms with E-state index in [0.717, 1.165) is 0 Å². The summed E-state index contributed by atoms with van der Waals surface area (Å²) in [5, 5.41) is 10.0. The summed E-state index contributed by atoms with van der Waals surface area (Å²) >= 11 is 0. The first-order chi connectivity index (χ1) is 11.3. The molecule has 130 valence electrons. The van der Waals surface area contributed by atoms with Gasteiger partial charge in [0.15, 0.2) is 0 Å². The summed E-state index contributed by atoms with van der Waals surface area (Å²) in [5.41, 5.74) is 1.07. The SMILES string of the molecule is O=C(C1CCCN1C(=O)C(F)(F)F)N1CCC(O)c2ccccc21. The number of benzene rings is 1. The topological polar surface area (TPSA) is 60.9 Å². The summed E-state index contributed by atoms with van der Waals surface area (Å²) in [6, 6.07) is 5.66. The number of likely N-dealkylation sites (tertiary alicyclic amines) is 1. The molecule has 1 aromatic rings. The molecule has 0 bridgehead atoms. The highest BCUT2D eigenvalue weighted by Gasteiger charge is 2.48. The second-order valence-electron chi connectivity index (χ2n) is 6.01. The van der Waals surface area contributed by atoms with E-state index in [1.54, 1.807) is 24.3 Å². The minimum absolute atomic E-state index is 0.0765. The van der Waals surface area contributed by atoms with Crippen LogP contribution in [0.4, 0.5) is 18.9 Å². The normalized spacial score (nSPS) is 24.0. The summed E-state index contributed by atoms with van der Waals surface area (Å²) in [6.45, 7) is 0.133. The van der Waals surface area contributed by atoms with Crippen molar-refractivity contribution in [2.24, 2.45) is 0 Å². The van der Waals surface area contributed by atoms with Gasteiger partial charge in [0.1, 0.15) is 6.04 Å². The number of carbonyl (C=O) groups is 2. The molecule has 0 radical (unpaired) electrons. The Balaban J connectivity index is 1.87. The maximum Gasteiger partial charge on any atom is 0.471 e. The van der Waals surface area contributed by atoms with E-state index < -0.39 is 30.1 Å². The third-order valence-corrected chi connectivity index (χ3v) is 4.52. The van der Waals surface area contributed by atoms with Gasteiger partial charge in [0.2, 0.25) is 5.91 Å². The van der Waals surface area contributed by atoms with Crippen LogP contribution in [0.1, 0.15) is 30.9 Å². The molecule has 0 spiro atoms. The van der Waals surface area contributed by atoms with Crippen molar-refractivity contribution >= 4 is 17.5 Å². The molecule has 24 heavy (non-hydrogen) atoms. The monoisotopic (exact) mass is 342 g/mol. The summed E-state index contributed by atoms with van der Waals surface area (Å²) < 4.78 is 38.2. The minimum atomic E-state index is -4.99. The van der Waals surface area contributed by atoms with Gasteiger partial charge in [0.05, 0.1) is 6.10 Å². The van der Waals surface area contributed by atoms with Gasteiger partial charge in [0.25, 0.3) is 0 Å². The van der Waals surface area contributed by atoms with Crippen molar-refractivity contribution in [3.63, 3.8) is 0 Å². The van der Waals surface area contributed by atoms with Gasteiger partial charge in [-0.2, -0.15) is 13.2 Å². The van der Waals surface area contributed by atoms with E-state index in [1.807, 2.05) is 0 Å². The van der Waals surface area contributed by atoms with Gasteiger partial charge < -0.3 is 14.9 Å². The van der Waals surface area contributed by atoms with Crippen molar-refractivity contribution in [1.29, 1.82) is 0 Å². The fourth-order valence-electron chi connectivity index (χ4n) is 3.38. The molecule has 8 heteroatoms. The molecule has 2 aliphatic heterocycles. The van der Waals surface area contributed by atoms with Gasteiger partial charge in [-0.3, -0.25) is 9.59 Å². The highest BCUT2D eigenvalue weighted by Crippen LogP contribution is 2.35. The molecule has 2 atom stereocenters. The van der Waals surface area contributed by atoms with E-state index in [2.05, 4.69) is 0 Å². The van der Waals surface area contributed by atoms with Gasteiger partial charge >= 0.3 is 12.1 Å². The molecule has 2 heterocycles. The Morgan fingerprint density at radius 2 is 1.83 bits per heavy atom. The summed E-state index contributed by atoms with van der Waals surface area (Å²) in [4.78, 5) is 26.4.